The SMILES string of the molecule is CCS(=O)(=O)N1C[C@@H]2CN(S(=O)(=O)N(C)C)C[C@]2(c2nc(C)no2)C1. The standard InChI is InChI=1S/C13H23N5O5S2/c1-5-24(19,20)17-6-11-7-18(25(21,22)16(3)4)9-13(11,8-17)12-14-10(2)15-23-12/h11H,5-9H2,1-4H3/t11-,13-/m1/s1. The van der Waals surface area contributed by atoms with Crippen LogP contribution in [0, 0.1) is 12.8 Å². The molecule has 2 saturated heterocycles. The van der Waals surface area contributed by atoms with Crippen molar-refractivity contribution < 1.29 is 21.4 Å². The Morgan fingerprint density at radius 1 is 1.20 bits per heavy atom. The number of hydrogen-bond donors (Lipinski definition) is 0. The van der Waals surface area contributed by atoms with Crippen molar-refractivity contribution in [2.75, 3.05) is 46.0 Å². The molecule has 0 unspecified atom stereocenters. The van der Waals surface area contributed by atoms with Crippen LogP contribution < -0.4 is 0 Å². The molecule has 0 saturated carbocycles. The van der Waals surface area contributed by atoms with Crippen LogP contribution in [-0.4, -0.2) is 85.9 Å². The maximum absolute atomic E-state index is 12.5. The van der Waals surface area contributed by atoms with Gasteiger partial charge in [0.1, 0.15) is 0 Å². The van der Waals surface area contributed by atoms with E-state index in [-0.39, 0.29) is 37.8 Å². The maximum atomic E-state index is 12.5. The third kappa shape index (κ3) is 2.89. The molecule has 1 aromatic rings. The molecular weight excluding hydrogens is 370 g/mol. The van der Waals surface area contributed by atoms with Crippen LogP contribution >= 0.6 is 0 Å². The van der Waals surface area contributed by atoms with Crippen molar-refractivity contribution in [2.45, 2.75) is 19.3 Å². The number of aromatic nitrogens is 2. The van der Waals surface area contributed by atoms with Gasteiger partial charge in [-0.2, -0.15) is 22.0 Å². The summed E-state index contributed by atoms with van der Waals surface area (Å²) >= 11 is 0. The number of sulfonamides is 1. The van der Waals surface area contributed by atoms with Gasteiger partial charge in [0.2, 0.25) is 15.9 Å². The van der Waals surface area contributed by atoms with Gasteiger partial charge in [0, 0.05) is 46.2 Å². The van der Waals surface area contributed by atoms with E-state index in [0.29, 0.717) is 11.7 Å². The second-order valence-corrected chi connectivity index (χ2v) is 11.2. The van der Waals surface area contributed by atoms with Crippen molar-refractivity contribution in [2.24, 2.45) is 5.92 Å². The van der Waals surface area contributed by atoms with Crippen molar-refractivity contribution >= 4 is 20.2 Å². The molecule has 142 valence electrons. The highest BCUT2D eigenvalue weighted by atomic mass is 32.2. The van der Waals surface area contributed by atoms with E-state index in [1.807, 2.05) is 0 Å². The van der Waals surface area contributed by atoms with Gasteiger partial charge in [0.15, 0.2) is 5.82 Å². The Kier molecular flexibility index (Phi) is 4.47. The summed E-state index contributed by atoms with van der Waals surface area (Å²) in [5.41, 5.74) is -0.813. The normalized spacial score (nSPS) is 28.8. The van der Waals surface area contributed by atoms with E-state index in [9.17, 15) is 16.8 Å². The van der Waals surface area contributed by atoms with Crippen LogP contribution in [0.25, 0.3) is 0 Å². The van der Waals surface area contributed by atoms with Crippen LogP contribution in [0.4, 0.5) is 0 Å². The van der Waals surface area contributed by atoms with Gasteiger partial charge in [-0.3, -0.25) is 0 Å². The smallest absolute Gasteiger partial charge is 0.281 e. The molecule has 0 aliphatic carbocycles. The van der Waals surface area contributed by atoms with Gasteiger partial charge in [0.05, 0.1) is 11.2 Å². The van der Waals surface area contributed by atoms with Gasteiger partial charge < -0.3 is 4.52 Å². The summed E-state index contributed by atoms with van der Waals surface area (Å²) in [5.74, 6) is 0.510. The Morgan fingerprint density at radius 3 is 2.32 bits per heavy atom. The number of nitrogens with zero attached hydrogens (tertiary/aromatic N) is 5. The molecule has 12 heteroatoms. The molecule has 0 aromatic carbocycles. The zero-order chi connectivity index (χ0) is 18.6. The minimum atomic E-state index is -3.61. The first-order valence-corrected chi connectivity index (χ1v) is 11.0. The molecule has 2 aliphatic rings. The van der Waals surface area contributed by atoms with Gasteiger partial charge in [-0.15, -0.1) is 0 Å². The maximum Gasteiger partial charge on any atom is 0.281 e. The molecule has 1 aromatic heterocycles. The summed E-state index contributed by atoms with van der Waals surface area (Å²) in [4.78, 5) is 4.30. The molecule has 0 spiro atoms. The third-order valence-electron chi connectivity index (χ3n) is 5.05. The first-order valence-electron chi connectivity index (χ1n) is 7.99. The van der Waals surface area contributed by atoms with E-state index >= 15 is 0 Å². The van der Waals surface area contributed by atoms with Crippen LogP contribution in [0.3, 0.4) is 0 Å². The molecule has 2 atom stereocenters. The Morgan fingerprint density at radius 2 is 1.80 bits per heavy atom. The highest BCUT2D eigenvalue weighted by molar-refractivity contribution is 7.89. The Bertz CT molecular complexity index is 865. The topological polar surface area (TPSA) is 117 Å². The average Bonchev–Trinajstić information content (AvgIpc) is 3.18. The first-order chi connectivity index (χ1) is 11.5. The van der Waals surface area contributed by atoms with Gasteiger partial charge in [-0.25, -0.2) is 12.7 Å². The first kappa shape index (κ1) is 18.7. The molecule has 10 nitrogen and oxygen atoms in total. The van der Waals surface area contributed by atoms with E-state index in [2.05, 4.69) is 10.1 Å². The zero-order valence-corrected chi connectivity index (χ0v) is 16.3. The lowest BCUT2D eigenvalue weighted by Crippen LogP contribution is -2.44. The quantitative estimate of drug-likeness (QED) is 0.631. The van der Waals surface area contributed by atoms with E-state index in [0.717, 1.165) is 4.31 Å². The van der Waals surface area contributed by atoms with Gasteiger partial charge in [0.25, 0.3) is 10.2 Å². The van der Waals surface area contributed by atoms with E-state index in [1.54, 1.807) is 13.8 Å². The summed E-state index contributed by atoms with van der Waals surface area (Å²) in [7, 11) is -4.05. The molecule has 2 aliphatic heterocycles. The molecule has 25 heavy (non-hydrogen) atoms. The largest absolute Gasteiger partial charge is 0.339 e. The predicted molar refractivity (Wildman–Crippen MR) is 89.4 cm³/mol. The number of hydrogen-bond acceptors (Lipinski definition) is 7. The van der Waals surface area contributed by atoms with Crippen molar-refractivity contribution in [1.29, 1.82) is 0 Å². The minimum absolute atomic E-state index is 0.00162. The second kappa shape index (κ2) is 5.98. The summed E-state index contributed by atoms with van der Waals surface area (Å²) in [6.07, 6.45) is 0. The van der Waals surface area contributed by atoms with Crippen molar-refractivity contribution in [3.05, 3.63) is 11.7 Å². The summed E-state index contributed by atoms with van der Waals surface area (Å²) < 4.78 is 59.0. The second-order valence-electron chi connectivity index (χ2n) is 6.78. The van der Waals surface area contributed by atoms with E-state index in [1.165, 1.54) is 22.7 Å². The lowest BCUT2D eigenvalue weighted by molar-refractivity contribution is 0.267. The highest BCUT2D eigenvalue weighted by Gasteiger charge is 2.60. The fraction of sp³-hybridized carbons (Fsp3) is 0.846. The number of aryl methyl sites for hydroxylation is 1. The number of rotatable bonds is 5. The fourth-order valence-corrected chi connectivity index (χ4v) is 6.00. The highest BCUT2D eigenvalue weighted by Crippen LogP contribution is 2.46. The van der Waals surface area contributed by atoms with Gasteiger partial charge in [-0.05, 0) is 13.8 Å². The molecule has 3 rings (SSSR count). The molecule has 0 bridgehead atoms. The fourth-order valence-electron chi connectivity index (χ4n) is 3.58. The van der Waals surface area contributed by atoms with E-state index in [4.69, 9.17) is 4.52 Å². The lowest BCUT2D eigenvalue weighted by Gasteiger charge is -2.26. The summed E-state index contributed by atoms with van der Waals surface area (Å²) in [6, 6.07) is 0. The van der Waals surface area contributed by atoms with Crippen LogP contribution in [0.5, 0.6) is 0 Å². The van der Waals surface area contributed by atoms with Crippen molar-refractivity contribution in [3.8, 4) is 0 Å². The molecule has 0 radical (unpaired) electrons. The van der Waals surface area contributed by atoms with Crippen LogP contribution in [0.2, 0.25) is 0 Å². The third-order valence-corrected chi connectivity index (χ3v) is 8.69. The molecule has 3 heterocycles. The van der Waals surface area contributed by atoms with E-state index < -0.39 is 25.6 Å². The average molecular weight is 393 g/mol. The van der Waals surface area contributed by atoms with Crippen molar-refractivity contribution in [3.63, 3.8) is 0 Å². The molecular formula is C13H23N5O5S2. The Hall–Kier alpha value is -1.08. The van der Waals surface area contributed by atoms with Crippen molar-refractivity contribution in [1.82, 2.24) is 23.1 Å². The van der Waals surface area contributed by atoms with Crippen LogP contribution in [0.1, 0.15) is 18.6 Å². The Balaban J connectivity index is 2.01. The predicted octanol–water partition coefficient (Wildman–Crippen LogP) is -0.981. The molecule has 0 amide bonds. The van der Waals surface area contributed by atoms with Crippen LogP contribution in [-0.2, 0) is 25.6 Å². The lowest BCUT2D eigenvalue weighted by atomic mass is 9.81. The Labute approximate surface area is 148 Å². The molecule has 0 N–H and O–H groups in total. The monoisotopic (exact) mass is 393 g/mol. The summed E-state index contributed by atoms with van der Waals surface area (Å²) in [6.45, 7) is 4.01. The van der Waals surface area contributed by atoms with Gasteiger partial charge >= 0.3 is 0 Å². The minimum Gasteiger partial charge on any atom is -0.339 e. The van der Waals surface area contributed by atoms with Crippen LogP contribution in [0.15, 0.2) is 4.52 Å². The summed E-state index contributed by atoms with van der Waals surface area (Å²) in [5, 5.41) is 3.81. The zero-order valence-electron chi connectivity index (χ0n) is 14.7. The molecule has 2 fully saturated rings. The van der Waals surface area contributed by atoms with Gasteiger partial charge in [-0.1, -0.05) is 5.16 Å². The number of fused-ring (bicyclic) bond motifs is 1.